The Morgan fingerprint density at radius 1 is 1.13 bits per heavy atom. The molecule has 7 heteroatoms. The van der Waals surface area contributed by atoms with Crippen LogP contribution in [0.5, 0.6) is 5.75 Å². The summed E-state index contributed by atoms with van der Waals surface area (Å²) in [6, 6.07) is 14.9. The Bertz CT molecular complexity index is 1110. The molecule has 156 valence electrons. The van der Waals surface area contributed by atoms with Gasteiger partial charge in [-0.05, 0) is 36.6 Å². The molecule has 0 radical (unpaired) electrons. The van der Waals surface area contributed by atoms with E-state index in [2.05, 4.69) is 5.32 Å². The van der Waals surface area contributed by atoms with Gasteiger partial charge in [0.15, 0.2) is 6.10 Å². The fraction of sp³-hybridized carbons (Fsp3) is 0.261. The average molecular weight is 409 g/mol. The van der Waals surface area contributed by atoms with Gasteiger partial charge in [-0.2, -0.15) is 0 Å². The molecular weight excluding hydrogens is 386 g/mol. The third kappa shape index (κ3) is 4.86. The fourth-order valence-electron chi connectivity index (χ4n) is 3.17. The Morgan fingerprint density at radius 3 is 2.53 bits per heavy atom. The molecule has 0 aliphatic heterocycles. The number of hydrogen-bond donors (Lipinski definition) is 2. The van der Waals surface area contributed by atoms with Gasteiger partial charge in [0.2, 0.25) is 0 Å². The normalized spacial score (nSPS) is 12.9. The van der Waals surface area contributed by atoms with Crippen LogP contribution in [-0.4, -0.2) is 29.1 Å². The van der Waals surface area contributed by atoms with Gasteiger partial charge in [-0.1, -0.05) is 43.7 Å². The second-order valence-corrected chi connectivity index (χ2v) is 6.95. The van der Waals surface area contributed by atoms with Crippen molar-refractivity contribution in [2.45, 2.75) is 38.8 Å². The molecule has 3 aromatic rings. The molecule has 7 nitrogen and oxygen atoms in total. The standard InChI is InChI=1S/C23H23NO6/c1-3-7-19(23(27)28)24-22(26)14(2)29-16-10-11-17-18(15-8-5-4-6-9-15)13-21(25)30-20(17)12-16/h4-6,8-14,19H,3,7H2,1-2H3,(H,24,26)(H,27,28)/t14?,19-/m1/s1. The van der Waals surface area contributed by atoms with Gasteiger partial charge in [0.05, 0.1) is 0 Å². The Kier molecular flexibility index (Phi) is 6.51. The molecule has 1 aromatic heterocycles. The van der Waals surface area contributed by atoms with Gasteiger partial charge < -0.3 is 19.6 Å². The average Bonchev–Trinajstić information content (AvgIpc) is 2.73. The molecule has 0 aliphatic rings. The topological polar surface area (TPSA) is 106 Å². The molecule has 1 amide bonds. The van der Waals surface area contributed by atoms with Crippen LogP contribution in [-0.2, 0) is 9.59 Å². The molecule has 0 bridgehead atoms. The molecule has 30 heavy (non-hydrogen) atoms. The summed E-state index contributed by atoms with van der Waals surface area (Å²) in [5.41, 5.74) is 1.46. The van der Waals surface area contributed by atoms with Crippen LogP contribution < -0.4 is 15.7 Å². The molecule has 3 rings (SSSR count). The quantitative estimate of drug-likeness (QED) is 0.551. The first-order chi connectivity index (χ1) is 14.4. The molecule has 0 fully saturated rings. The number of ether oxygens (including phenoxy) is 1. The van der Waals surface area contributed by atoms with Crippen LogP contribution in [0.15, 0.2) is 63.8 Å². The van der Waals surface area contributed by atoms with E-state index in [0.717, 1.165) is 16.5 Å². The van der Waals surface area contributed by atoms with E-state index >= 15 is 0 Å². The van der Waals surface area contributed by atoms with Gasteiger partial charge in [0, 0.05) is 17.5 Å². The number of fused-ring (bicyclic) bond motifs is 1. The van der Waals surface area contributed by atoms with Crippen molar-refractivity contribution < 1.29 is 23.8 Å². The van der Waals surface area contributed by atoms with Crippen molar-refractivity contribution in [3.05, 3.63) is 65.0 Å². The van der Waals surface area contributed by atoms with E-state index in [1.165, 1.54) is 13.0 Å². The zero-order valence-corrected chi connectivity index (χ0v) is 16.8. The number of hydrogen-bond acceptors (Lipinski definition) is 5. The van der Waals surface area contributed by atoms with Gasteiger partial charge in [-0.15, -0.1) is 0 Å². The molecule has 1 heterocycles. The van der Waals surface area contributed by atoms with Gasteiger partial charge in [-0.25, -0.2) is 9.59 Å². The smallest absolute Gasteiger partial charge is 0.336 e. The van der Waals surface area contributed by atoms with E-state index in [-0.39, 0.29) is 0 Å². The number of carboxylic acids is 1. The van der Waals surface area contributed by atoms with Crippen molar-refractivity contribution in [3.63, 3.8) is 0 Å². The number of rotatable bonds is 8. The summed E-state index contributed by atoms with van der Waals surface area (Å²) in [6.45, 7) is 3.37. The van der Waals surface area contributed by atoms with Gasteiger partial charge in [0.1, 0.15) is 17.4 Å². The van der Waals surface area contributed by atoms with Crippen molar-refractivity contribution >= 4 is 22.8 Å². The minimum atomic E-state index is -1.08. The van der Waals surface area contributed by atoms with Crippen LogP contribution in [0.1, 0.15) is 26.7 Å². The Hall–Kier alpha value is -3.61. The van der Waals surface area contributed by atoms with Gasteiger partial charge in [-0.3, -0.25) is 4.79 Å². The van der Waals surface area contributed by atoms with Crippen molar-refractivity contribution in [2.75, 3.05) is 0 Å². The minimum absolute atomic E-state index is 0.331. The number of aliphatic carboxylic acids is 1. The van der Waals surface area contributed by atoms with Crippen LogP contribution in [0.2, 0.25) is 0 Å². The maximum absolute atomic E-state index is 12.3. The molecule has 0 spiro atoms. The maximum Gasteiger partial charge on any atom is 0.336 e. The van der Waals surface area contributed by atoms with E-state index in [0.29, 0.717) is 24.2 Å². The van der Waals surface area contributed by atoms with Gasteiger partial charge >= 0.3 is 11.6 Å². The van der Waals surface area contributed by atoms with E-state index in [4.69, 9.17) is 9.15 Å². The lowest BCUT2D eigenvalue weighted by Crippen LogP contribution is -2.46. The SMILES string of the molecule is CCC[C@@H](NC(=O)C(C)Oc1ccc2c(-c3ccccc3)cc(=O)oc2c1)C(=O)O. The highest BCUT2D eigenvalue weighted by atomic mass is 16.5. The summed E-state index contributed by atoms with van der Waals surface area (Å²) in [5.74, 6) is -1.28. The summed E-state index contributed by atoms with van der Waals surface area (Å²) in [5, 5.41) is 12.4. The minimum Gasteiger partial charge on any atom is -0.481 e. The second-order valence-electron chi connectivity index (χ2n) is 6.95. The first-order valence-electron chi connectivity index (χ1n) is 9.72. The monoisotopic (exact) mass is 409 g/mol. The van der Waals surface area contributed by atoms with Crippen LogP contribution in [0.3, 0.4) is 0 Å². The third-order valence-corrected chi connectivity index (χ3v) is 4.67. The lowest BCUT2D eigenvalue weighted by Gasteiger charge is -2.18. The predicted molar refractivity (Wildman–Crippen MR) is 112 cm³/mol. The third-order valence-electron chi connectivity index (χ3n) is 4.67. The second kappa shape index (κ2) is 9.26. The molecule has 0 saturated heterocycles. The fourth-order valence-corrected chi connectivity index (χ4v) is 3.17. The number of nitrogens with one attached hydrogen (secondary N) is 1. The number of benzene rings is 2. The van der Waals surface area contributed by atoms with Crippen LogP contribution >= 0.6 is 0 Å². The molecule has 1 unspecified atom stereocenters. The number of amides is 1. The molecule has 0 saturated carbocycles. The lowest BCUT2D eigenvalue weighted by molar-refractivity contribution is -0.143. The molecular formula is C23H23NO6. The van der Waals surface area contributed by atoms with Crippen molar-refractivity contribution in [1.29, 1.82) is 0 Å². The number of carbonyl (C=O) groups is 2. The zero-order valence-electron chi connectivity index (χ0n) is 16.8. The van der Waals surface area contributed by atoms with Crippen LogP contribution in [0, 0.1) is 0 Å². The first-order valence-corrected chi connectivity index (χ1v) is 9.72. The number of carbonyl (C=O) groups excluding carboxylic acids is 1. The molecule has 2 N–H and O–H groups in total. The summed E-state index contributed by atoms with van der Waals surface area (Å²) < 4.78 is 11.0. The summed E-state index contributed by atoms with van der Waals surface area (Å²) in [7, 11) is 0. The van der Waals surface area contributed by atoms with E-state index < -0.39 is 29.6 Å². The van der Waals surface area contributed by atoms with Crippen LogP contribution in [0.25, 0.3) is 22.1 Å². The lowest BCUT2D eigenvalue weighted by atomic mass is 10.0. The van der Waals surface area contributed by atoms with Crippen molar-refractivity contribution in [3.8, 4) is 16.9 Å². The molecule has 0 aliphatic carbocycles. The highest BCUT2D eigenvalue weighted by Gasteiger charge is 2.23. The first kappa shape index (κ1) is 21.1. The maximum atomic E-state index is 12.3. The summed E-state index contributed by atoms with van der Waals surface area (Å²) in [4.78, 5) is 35.6. The number of carboxylic acid groups (broad SMARTS) is 1. The zero-order chi connectivity index (χ0) is 21.7. The predicted octanol–water partition coefficient (Wildman–Crippen LogP) is 3.60. The van der Waals surface area contributed by atoms with Crippen LogP contribution in [0.4, 0.5) is 0 Å². The largest absolute Gasteiger partial charge is 0.481 e. The van der Waals surface area contributed by atoms with Crippen molar-refractivity contribution in [2.24, 2.45) is 0 Å². The summed E-state index contributed by atoms with van der Waals surface area (Å²) in [6.07, 6.45) is 0.0297. The van der Waals surface area contributed by atoms with E-state index in [1.807, 2.05) is 37.3 Å². The summed E-state index contributed by atoms with van der Waals surface area (Å²) >= 11 is 0. The van der Waals surface area contributed by atoms with E-state index in [9.17, 15) is 19.5 Å². The molecule has 2 atom stereocenters. The Morgan fingerprint density at radius 2 is 1.87 bits per heavy atom. The highest BCUT2D eigenvalue weighted by Crippen LogP contribution is 2.29. The highest BCUT2D eigenvalue weighted by molar-refractivity contribution is 5.94. The Labute approximate surface area is 173 Å². The van der Waals surface area contributed by atoms with Crippen molar-refractivity contribution in [1.82, 2.24) is 5.32 Å². The molecule has 2 aromatic carbocycles. The van der Waals surface area contributed by atoms with E-state index in [1.54, 1.807) is 18.2 Å². The van der Waals surface area contributed by atoms with Gasteiger partial charge in [0.25, 0.3) is 5.91 Å². The Balaban J connectivity index is 1.83.